The van der Waals surface area contributed by atoms with Crippen LogP contribution < -0.4 is 5.32 Å². The normalized spacial score (nSPS) is 20.5. The lowest BCUT2D eigenvalue weighted by Gasteiger charge is -2.22. The van der Waals surface area contributed by atoms with Crippen LogP contribution in [0, 0.1) is 6.92 Å². The Morgan fingerprint density at radius 1 is 1.36 bits per heavy atom. The fraction of sp³-hybridized carbons (Fsp3) is 0.889. The van der Waals surface area contributed by atoms with E-state index in [0.717, 1.165) is 26.2 Å². The molecular formula is C9H18NO. The molecule has 1 radical (unpaired) electrons. The van der Waals surface area contributed by atoms with Gasteiger partial charge >= 0.3 is 0 Å². The third kappa shape index (κ3) is 3.73. The van der Waals surface area contributed by atoms with Crippen molar-refractivity contribution in [3.8, 4) is 0 Å². The van der Waals surface area contributed by atoms with Gasteiger partial charge < -0.3 is 10.1 Å². The lowest BCUT2D eigenvalue weighted by Crippen LogP contribution is -2.35. The third-order valence-electron chi connectivity index (χ3n) is 2.08. The van der Waals surface area contributed by atoms with E-state index in [1.54, 1.807) is 0 Å². The predicted octanol–water partition coefficient (Wildman–Crippen LogP) is 1.37. The van der Waals surface area contributed by atoms with Crippen molar-refractivity contribution in [3.05, 3.63) is 6.92 Å². The minimum atomic E-state index is 0.704. The monoisotopic (exact) mass is 156 g/mol. The molecule has 1 rings (SSSR count). The zero-order valence-corrected chi connectivity index (χ0v) is 7.14. The van der Waals surface area contributed by atoms with Crippen molar-refractivity contribution in [2.75, 3.05) is 19.8 Å². The second kappa shape index (κ2) is 5.56. The van der Waals surface area contributed by atoms with Gasteiger partial charge in [0.2, 0.25) is 0 Å². The molecule has 1 fully saturated rings. The number of hydrogen-bond acceptors (Lipinski definition) is 2. The van der Waals surface area contributed by atoms with Crippen LogP contribution in [0.3, 0.4) is 0 Å². The Morgan fingerprint density at radius 2 is 2.09 bits per heavy atom. The van der Waals surface area contributed by atoms with Gasteiger partial charge in [-0.1, -0.05) is 13.3 Å². The molecule has 65 valence electrons. The minimum Gasteiger partial charge on any atom is -0.381 e. The van der Waals surface area contributed by atoms with Crippen LogP contribution in [0.15, 0.2) is 0 Å². The lowest BCUT2D eigenvalue weighted by molar-refractivity contribution is 0.0780. The highest BCUT2D eigenvalue weighted by atomic mass is 16.5. The first-order valence-corrected chi connectivity index (χ1v) is 4.54. The average molecular weight is 156 g/mol. The molecule has 0 unspecified atom stereocenters. The zero-order valence-electron chi connectivity index (χ0n) is 7.14. The molecule has 1 saturated heterocycles. The molecule has 11 heavy (non-hydrogen) atoms. The number of unbranched alkanes of at least 4 members (excludes halogenated alkanes) is 1. The van der Waals surface area contributed by atoms with Crippen molar-refractivity contribution >= 4 is 0 Å². The Morgan fingerprint density at radius 3 is 2.73 bits per heavy atom. The highest BCUT2D eigenvalue weighted by Crippen LogP contribution is 2.05. The van der Waals surface area contributed by atoms with Crippen molar-refractivity contribution in [1.82, 2.24) is 5.32 Å². The Labute approximate surface area is 69.3 Å². The highest BCUT2D eigenvalue weighted by molar-refractivity contribution is 4.69. The van der Waals surface area contributed by atoms with Gasteiger partial charge in [0, 0.05) is 19.3 Å². The number of hydrogen-bond donors (Lipinski definition) is 1. The molecule has 0 amide bonds. The quantitative estimate of drug-likeness (QED) is 0.621. The molecule has 2 nitrogen and oxygen atoms in total. The van der Waals surface area contributed by atoms with Gasteiger partial charge in [-0.15, -0.1) is 0 Å². The second-order valence-electron chi connectivity index (χ2n) is 3.05. The van der Waals surface area contributed by atoms with Gasteiger partial charge in [-0.3, -0.25) is 0 Å². The summed E-state index contributed by atoms with van der Waals surface area (Å²) < 4.78 is 5.25. The van der Waals surface area contributed by atoms with Crippen LogP contribution in [-0.2, 0) is 4.74 Å². The summed E-state index contributed by atoms with van der Waals surface area (Å²) in [5.41, 5.74) is 0. The summed E-state index contributed by atoms with van der Waals surface area (Å²) in [5, 5.41) is 3.50. The molecule has 0 atom stereocenters. The van der Waals surface area contributed by atoms with Gasteiger partial charge in [0.1, 0.15) is 0 Å². The topological polar surface area (TPSA) is 21.3 Å². The summed E-state index contributed by atoms with van der Waals surface area (Å²) in [4.78, 5) is 0. The predicted molar refractivity (Wildman–Crippen MR) is 46.4 cm³/mol. The maximum atomic E-state index is 5.25. The Kier molecular flexibility index (Phi) is 4.55. The summed E-state index contributed by atoms with van der Waals surface area (Å²) in [7, 11) is 0. The molecule has 0 aromatic heterocycles. The van der Waals surface area contributed by atoms with Crippen molar-refractivity contribution in [2.24, 2.45) is 0 Å². The molecule has 1 heterocycles. The SMILES string of the molecule is [CH2]CCCNC1CCOCC1. The molecule has 0 aromatic rings. The highest BCUT2D eigenvalue weighted by Gasteiger charge is 2.11. The molecule has 0 saturated carbocycles. The first kappa shape index (κ1) is 9.01. The van der Waals surface area contributed by atoms with Crippen LogP contribution in [0.5, 0.6) is 0 Å². The fourth-order valence-electron chi connectivity index (χ4n) is 1.33. The van der Waals surface area contributed by atoms with Crippen LogP contribution in [-0.4, -0.2) is 25.8 Å². The molecule has 0 bridgehead atoms. The number of ether oxygens (including phenoxy) is 1. The molecule has 1 N–H and O–H groups in total. The van der Waals surface area contributed by atoms with Gasteiger partial charge in [-0.2, -0.15) is 0 Å². The minimum absolute atomic E-state index is 0.704. The Hall–Kier alpha value is -0.0800. The summed E-state index contributed by atoms with van der Waals surface area (Å²) in [6.45, 7) is 6.79. The van der Waals surface area contributed by atoms with E-state index in [9.17, 15) is 0 Å². The average Bonchev–Trinajstić information content (AvgIpc) is 2.07. The van der Waals surface area contributed by atoms with E-state index in [1.807, 2.05) is 0 Å². The van der Waals surface area contributed by atoms with E-state index >= 15 is 0 Å². The number of rotatable bonds is 4. The van der Waals surface area contributed by atoms with Crippen LogP contribution in [0.1, 0.15) is 25.7 Å². The summed E-state index contributed by atoms with van der Waals surface area (Å²) in [6.07, 6.45) is 4.59. The van der Waals surface area contributed by atoms with Crippen molar-refractivity contribution < 1.29 is 4.74 Å². The molecule has 1 aliphatic heterocycles. The summed E-state index contributed by atoms with van der Waals surface area (Å²) in [6, 6.07) is 0.704. The zero-order chi connectivity index (χ0) is 7.94. The summed E-state index contributed by atoms with van der Waals surface area (Å²) in [5.74, 6) is 0. The second-order valence-corrected chi connectivity index (χ2v) is 3.05. The van der Waals surface area contributed by atoms with Crippen LogP contribution in [0.4, 0.5) is 0 Å². The van der Waals surface area contributed by atoms with E-state index in [0.29, 0.717) is 6.04 Å². The molecule has 0 spiro atoms. The van der Waals surface area contributed by atoms with Gasteiger partial charge in [-0.25, -0.2) is 0 Å². The first-order valence-electron chi connectivity index (χ1n) is 4.54. The van der Waals surface area contributed by atoms with Crippen molar-refractivity contribution in [2.45, 2.75) is 31.7 Å². The van der Waals surface area contributed by atoms with E-state index < -0.39 is 0 Å². The van der Waals surface area contributed by atoms with Crippen LogP contribution in [0.2, 0.25) is 0 Å². The van der Waals surface area contributed by atoms with Crippen molar-refractivity contribution in [3.63, 3.8) is 0 Å². The molecule has 0 aromatic carbocycles. The smallest absolute Gasteiger partial charge is 0.0480 e. The van der Waals surface area contributed by atoms with E-state index in [-0.39, 0.29) is 0 Å². The third-order valence-corrected chi connectivity index (χ3v) is 2.08. The van der Waals surface area contributed by atoms with Crippen molar-refractivity contribution in [1.29, 1.82) is 0 Å². The van der Waals surface area contributed by atoms with Gasteiger partial charge in [0.15, 0.2) is 0 Å². The Balaban J connectivity index is 1.96. The molecule has 1 aliphatic rings. The lowest BCUT2D eigenvalue weighted by atomic mass is 10.1. The summed E-state index contributed by atoms with van der Waals surface area (Å²) >= 11 is 0. The maximum absolute atomic E-state index is 5.25. The van der Waals surface area contributed by atoms with E-state index in [4.69, 9.17) is 4.74 Å². The standard InChI is InChI=1S/C9H18NO/c1-2-3-6-10-9-4-7-11-8-5-9/h9-10H,1-8H2. The van der Waals surface area contributed by atoms with Crippen LogP contribution in [0.25, 0.3) is 0 Å². The van der Waals surface area contributed by atoms with Gasteiger partial charge in [0.25, 0.3) is 0 Å². The van der Waals surface area contributed by atoms with Crippen LogP contribution >= 0.6 is 0 Å². The number of nitrogens with one attached hydrogen (secondary N) is 1. The molecule has 0 aliphatic carbocycles. The largest absolute Gasteiger partial charge is 0.381 e. The first-order chi connectivity index (χ1) is 5.43. The van der Waals surface area contributed by atoms with Gasteiger partial charge in [0.05, 0.1) is 0 Å². The fourth-order valence-corrected chi connectivity index (χ4v) is 1.33. The van der Waals surface area contributed by atoms with E-state index in [2.05, 4.69) is 12.2 Å². The molecular weight excluding hydrogens is 138 g/mol. The Bertz CT molecular complexity index is 89.6. The molecule has 2 heteroatoms. The maximum Gasteiger partial charge on any atom is 0.0480 e. The van der Waals surface area contributed by atoms with Gasteiger partial charge in [-0.05, 0) is 25.8 Å². The van der Waals surface area contributed by atoms with E-state index in [1.165, 1.54) is 19.3 Å².